The minimum Gasteiger partial charge on any atom is -0.460 e. The van der Waals surface area contributed by atoms with Gasteiger partial charge in [-0.15, -0.1) is 0 Å². The van der Waals surface area contributed by atoms with Crippen molar-refractivity contribution in [3.05, 3.63) is 35.6 Å². The molecule has 5 nitrogen and oxygen atoms in total. The van der Waals surface area contributed by atoms with Crippen molar-refractivity contribution in [1.82, 2.24) is 5.32 Å². The summed E-state index contributed by atoms with van der Waals surface area (Å²) in [5.41, 5.74) is -0.148. The summed E-state index contributed by atoms with van der Waals surface area (Å²) in [6, 6.07) is 5.61. The molecule has 0 aliphatic carbocycles. The second kappa shape index (κ2) is 9.01. The molecular weight excluding hydrogens is 337 g/mol. The molecule has 26 heavy (non-hydrogen) atoms. The number of halogens is 1. The highest BCUT2D eigenvalue weighted by Crippen LogP contribution is 2.31. The lowest BCUT2D eigenvalue weighted by Crippen LogP contribution is -2.43. The van der Waals surface area contributed by atoms with Crippen LogP contribution >= 0.6 is 0 Å². The van der Waals surface area contributed by atoms with Crippen LogP contribution in [0.5, 0.6) is 0 Å². The lowest BCUT2D eigenvalue weighted by Gasteiger charge is -2.29. The number of esters is 1. The van der Waals surface area contributed by atoms with Gasteiger partial charge >= 0.3 is 12.1 Å². The van der Waals surface area contributed by atoms with Gasteiger partial charge in [0.1, 0.15) is 23.6 Å². The SMILES string of the molecule is CC(C)[C@@H](c1ccccc1F)[C@H](C)OC(=O)[C@H](C)NC(=O)OC(C)(C)C. The highest BCUT2D eigenvalue weighted by Gasteiger charge is 2.30. The van der Waals surface area contributed by atoms with Gasteiger partial charge in [0.2, 0.25) is 0 Å². The minimum absolute atomic E-state index is 0.0591. The average Bonchev–Trinajstić information content (AvgIpc) is 2.46. The fraction of sp³-hybridized carbons (Fsp3) is 0.600. The maximum absolute atomic E-state index is 14.2. The molecule has 0 spiro atoms. The third-order valence-corrected chi connectivity index (χ3v) is 3.88. The molecule has 0 aromatic heterocycles. The molecule has 0 fully saturated rings. The Morgan fingerprint density at radius 2 is 1.65 bits per heavy atom. The second-order valence-corrected chi connectivity index (χ2v) is 7.80. The zero-order valence-corrected chi connectivity index (χ0v) is 16.6. The minimum atomic E-state index is -0.874. The molecule has 0 aliphatic heterocycles. The average molecular weight is 367 g/mol. The molecule has 0 saturated carbocycles. The molecule has 1 aromatic rings. The summed E-state index contributed by atoms with van der Waals surface area (Å²) in [5.74, 6) is -1.16. The van der Waals surface area contributed by atoms with Crippen molar-refractivity contribution < 1.29 is 23.5 Å². The lowest BCUT2D eigenvalue weighted by molar-refractivity contribution is -0.152. The summed E-state index contributed by atoms with van der Waals surface area (Å²) < 4.78 is 24.8. The Bertz CT molecular complexity index is 624. The molecule has 0 bridgehead atoms. The van der Waals surface area contributed by atoms with Crippen LogP contribution in [0.1, 0.15) is 59.9 Å². The first-order valence-corrected chi connectivity index (χ1v) is 8.86. The number of benzene rings is 1. The van der Waals surface area contributed by atoms with E-state index in [2.05, 4.69) is 5.32 Å². The summed E-state index contributed by atoms with van der Waals surface area (Å²) in [6.07, 6.45) is -1.24. The molecular formula is C20H30FNO4. The van der Waals surface area contributed by atoms with Gasteiger partial charge in [-0.3, -0.25) is 0 Å². The molecule has 0 heterocycles. The van der Waals surface area contributed by atoms with Gasteiger partial charge in [-0.25, -0.2) is 14.0 Å². The topological polar surface area (TPSA) is 64.6 Å². The van der Waals surface area contributed by atoms with Crippen LogP contribution in [-0.2, 0) is 14.3 Å². The number of rotatable bonds is 6. The molecule has 3 atom stereocenters. The standard InChI is InChI=1S/C20H30FNO4/c1-12(2)17(15-10-8-9-11-16(15)21)14(4)25-18(23)13(3)22-19(24)26-20(5,6)7/h8-14,17H,1-7H3,(H,22,24)/t13-,14-,17+/m0/s1. The van der Waals surface area contributed by atoms with E-state index >= 15 is 0 Å². The summed E-state index contributed by atoms with van der Waals surface area (Å²) in [6.45, 7) is 12.4. The van der Waals surface area contributed by atoms with Crippen molar-refractivity contribution in [3.8, 4) is 0 Å². The maximum atomic E-state index is 14.2. The van der Waals surface area contributed by atoms with E-state index in [9.17, 15) is 14.0 Å². The van der Waals surface area contributed by atoms with Crippen LogP contribution in [0.2, 0.25) is 0 Å². The number of hydrogen-bond donors (Lipinski definition) is 1. The lowest BCUT2D eigenvalue weighted by atomic mass is 9.84. The van der Waals surface area contributed by atoms with Crippen molar-refractivity contribution in [2.75, 3.05) is 0 Å². The normalized spacial score (nSPS) is 15.1. The van der Waals surface area contributed by atoms with Crippen LogP contribution in [0.25, 0.3) is 0 Å². The monoisotopic (exact) mass is 367 g/mol. The predicted octanol–water partition coefficient (Wildman–Crippen LogP) is 4.41. The van der Waals surface area contributed by atoms with E-state index in [0.29, 0.717) is 5.56 Å². The van der Waals surface area contributed by atoms with E-state index in [1.165, 1.54) is 13.0 Å². The van der Waals surface area contributed by atoms with Crippen molar-refractivity contribution in [2.24, 2.45) is 5.92 Å². The van der Waals surface area contributed by atoms with Gasteiger partial charge in [0, 0.05) is 5.92 Å². The molecule has 0 unspecified atom stereocenters. The predicted molar refractivity (Wildman–Crippen MR) is 98.4 cm³/mol. The van der Waals surface area contributed by atoms with E-state index in [4.69, 9.17) is 9.47 Å². The Morgan fingerprint density at radius 1 is 1.08 bits per heavy atom. The third kappa shape index (κ3) is 6.65. The van der Waals surface area contributed by atoms with Crippen LogP contribution in [0.15, 0.2) is 24.3 Å². The fourth-order valence-electron chi connectivity index (χ4n) is 2.80. The number of carbonyl (C=O) groups excluding carboxylic acids is 2. The van der Waals surface area contributed by atoms with Crippen LogP contribution in [0.3, 0.4) is 0 Å². The highest BCUT2D eigenvalue weighted by atomic mass is 19.1. The van der Waals surface area contributed by atoms with Gasteiger partial charge in [-0.05, 0) is 52.2 Å². The maximum Gasteiger partial charge on any atom is 0.408 e. The van der Waals surface area contributed by atoms with Crippen molar-refractivity contribution in [2.45, 2.75) is 72.1 Å². The van der Waals surface area contributed by atoms with Crippen LogP contribution in [0.4, 0.5) is 9.18 Å². The number of ether oxygens (including phenoxy) is 2. The third-order valence-electron chi connectivity index (χ3n) is 3.88. The fourth-order valence-corrected chi connectivity index (χ4v) is 2.80. The van der Waals surface area contributed by atoms with Gasteiger partial charge in [0.25, 0.3) is 0 Å². The molecule has 1 amide bonds. The van der Waals surface area contributed by atoms with Crippen molar-refractivity contribution >= 4 is 12.1 Å². The number of carbonyl (C=O) groups is 2. The summed E-state index contributed by atoms with van der Waals surface area (Å²) in [4.78, 5) is 24.1. The van der Waals surface area contributed by atoms with Crippen LogP contribution in [-0.4, -0.2) is 29.8 Å². The molecule has 1 aromatic carbocycles. The van der Waals surface area contributed by atoms with Crippen molar-refractivity contribution in [3.63, 3.8) is 0 Å². The Hall–Kier alpha value is -2.11. The van der Waals surface area contributed by atoms with Crippen molar-refractivity contribution in [1.29, 1.82) is 0 Å². The number of nitrogens with one attached hydrogen (secondary N) is 1. The zero-order chi connectivity index (χ0) is 20.1. The summed E-state index contributed by atoms with van der Waals surface area (Å²) in [7, 11) is 0. The zero-order valence-electron chi connectivity index (χ0n) is 16.6. The molecule has 0 radical (unpaired) electrons. The second-order valence-electron chi connectivity index (χ2n) is 7.80. The first kappa shape index (κ1) is 21.9. The van der Waals surface area contributed by atoms with E-state index in [0.717, 1.165) is 0 Å². The molecule has 6 heteroatoms. The quantitative estimate of drug-likeness (QED) is 0.757. The number of alkyl carbamates (subject to hydrolysis) is 1. The first-order valence-electron chi connectivity index (χ1n) is 8.86. The first-order chi connectivity index (χ1) is 11.9. The molecule has 0 aliphatic rings. The van der Waals surface area contributed by atoms with Gasteiger partial charge in [-0.2, -0.15) is 0 Å². The smallest absolute Gasteiger partial charge is 0.408 e. The number of amides is 1. The van der Waals surface area contributed by atoms with E-state index < -0.39 is 29.8 Å². The Labute approximate surface area is 155 Å². The van der Waals surface area contributed by atoms with E-state index in [1.807, 2.05) is 13.8 Å². The molecule has 1 N–H and O–H groups in total. The van der Waals surface area contributed by atoms with Gasteiger partial charge < -0.3 is 14.8 Å². The van der Waals surface area contributed by atoms with Gasteiger partial charge in [-0.1, -0.05) is 32.0 Å². The van der Waals surface area contributed by atoms with E-state index in [1.54, 1.807) is 45.9 Å². The molecule has 0 saturated heterocycles. The van der Waals surface area contributed by atoms with Crippen LogP contribution < -0.4 is 5.32 Å². The number of hydrogen-bond acceptors (Lipinski definition) is 4. The summed E-state index contributed by atoms with van der Waals surface area (Å²) >= 11 is 0. The largest absolute Gasteiger partial charge is 0.460 e. The van der Waals surface area contributed by atoms with Crippen LogP contribution in [0, 0.1) is 11.7 Å². The molecule has 146 valence electrons. The molecule has 1 rings (SSSR count). The highest BCUT2D eigenvalue weighted by molar-refractivity contribution is 5.81. The Balaban J connectivity index is 2.77. The van der Waals surface area contributed by atoms with E-state index in [-0.39, 0.29) is 17.7 Å². The summed E-state index contributed by atoms with van der Waals surface area (Å²) in [5, 5.41) is 2.45. The van der Waals surface area contributed by atoms with Gasteiger partial charge in [0.15, 0.2) is 0 Å². The Kier molecular flexibility index (Phi) is 7.60. The Morgan fingerprint density at radius 3 is 2.15 bits per heavy atom. The van der Waals surface area contributed by atoms with Gasteiger partial charge in [0.05, 0.1) is 0 Å².